The van der Waals surface area contributed by atoms with Gasteiger partial charge in [-0.15, -0.1) is 0 Å². The summed E-state index contributed by atoms with van der Waals surface area (Å²) in [5.74, 6) is -0.761. The molecule has 0 aliphatic rings. The fraction of sp³-hybridized carbons (Fsp3) is 0.273. The van der Waals surface area contributed by atoms with Crippen LogP contribution in [0.2, 0.25) is 0 Å². The number of nitrogens with zero attached hydrogens (tertiary/aromatic N) is 2. The Balaban J connectivity index is 1.15. The SMILES string of the molecule is C[C@H](NC(=O)C(C)(Cc1cn(C(=O)OCOC(=O)c2ccc(CN(CCO)CCO)cc2)c2ccccc12)NC(=O)OCc1cc2ccccc2o1)c1ccccc1. The molecule has 0 radical (unpaired) electrons. The topological polar surface area (TPSA) is 182 Å². The molecule has 4 N–H and O–H groups in total. The second kappa shape index (κ2) is 19.1. The largest absolute Gasteiger partial charge is 0.457 e. The zero-order valence-electron chi connectivity index (χ0n) is 32.3. The van der Waals surface area contributed by atoms with Crippen LogP contribution in [0, 0.1) is 0 Å². The molecule has 2 heterocycles. The number of fused-ring (bicyclic) bond motifs is 2. The van der Waals surface area contributed by atoms with E-state index in [1.54, 1.807) is 61.5 Å². The van der Waals surface area contributed by atoms with Crippen molar-refractivity contribution in [3.05, 3.63) is 143 Å². The van der Waals surface area contributed by atoms with Crippen molar-refractivity contribution in [3.8, 4) is 0 Å². The van der Waals surface area contributed by atoms with Crippen molar-refractivity contribution in [1.29, 1.82) is 0 Å². The number of amides is 2. The Morgan fingerprint density at radius 3 is 2.26 bits per heavy atom. The molecule has 0 saturated carbocycles. The smallest absolute Gasteiger partial charge is 0.421 e. The second-order valence-corrected chi connectivity index (χ2v) is 14.0. The molecular weight excluding hydrogens is 745 g/mol. The van der Waals surface area contributed by atoms with Gasteiger partial charge in [0.1, 0.15) is 16.9 Å². The molecule has 6 aromatic rings. The van der Waals surface area contributed by atoms with E-state index < -0.39 is 42.4 Å². The summed E-state index contributed by atoms with van der Waals surface area (Å²) in [5, 5.41) is 25.8. The Kier molecular flexibility index (Phi) is 13.6. The van der Waals surface area contributed by atoms with Crippen LogP contribution < -0.4 is 10.6 Å². The predicted octanol–water partition coefficient (Wildman–Crippen LogP) is 6.08. The van der Waals surface area contributed by atoms with Gasteiger partial charge in [-0.2, -0.15) is 0 Å². The number of carbonyl (C=O) groups is 4. The van der Waals surface area contributed by atoms with Crippen molar-refractivity contribution >= 4 is 45.9 Å². The van der Waals surface area contributed by atoms with Gasteiger partial charge in [0.2, 0.25) is 12.7 Å². The molecule has 0 spiro atoms. The van der Waals surface area contributed by atoms with Gasteiger partial charge in [0.05, 0.1) is 30.3 Å². The molecular formula is C44H46N4O10. The van der Waals surface area contributed by atoms with E-state index in [4.69, 9.17) is 18.6 Å². The van der Waals surface area contributed by atoms with Gasteiger partial charge < -0.3 is 39.5 Å². The van der Waals surface area contributed by atoms with Gasteiger partial charge in [-0.25, -0.2) is 14.4 Å². The molecule has 0 aliphatic carbocycles. The number of benzene rings is 4. The van der Waals surface area contributed by atoms with Crippen LogP contribution >= 0.6 is 0 Å². The Labute approximate surface area is 334 Å². The maximum atomic E-state index is 14.1. The molecule has 2 aromatic heterocycles. The van der Waals surface area contributed by atoms with Crippen LogP contribution in [-0.4, -0.2) is 82.4 Å². The Hall–Kier alpha value is -6.48. The summed E-state index contributed by atoms with van der Waals surface area (Å²) in [6.07, 6.45) is -0.210. The highest BCUT2D eigenvalue weighted by Crippen LogP contribution is 2.27. The number of furan rings is 1. The van der Waals surface area contributed by atoms with Crippen molar-refractivity contribution < 1.29 is 48.0 Å². The number of aliphatic hydroxyl groups is 2. The maximum absolute atomic E-state index is 14.1. The van der Waals surface area contributed by atoms with Gasteiger partial charge in [0.15, 0.2) is 6.61 Å². The van der Waals surface area contributed by atoms with Crippen molar-refractivity contribution in [2.45, 2.75) is 45.0 Å². The van der Waals surface area contributed by atoms with Crippen LogP contribution in [0.4, 0.5) is 9.59 Å². The maximum Gasteiger partial charge on any atom is 0.421 e. The van der Waals surface area contributed by atoms with E-state index in [9.17, 15) is 29.4 Å². The third-order valence-electron chi connectivity index (χ3n) is 9.68. The first-order chi connectivity index (χ1) is 28.1. The molecule has 0 fully saturated rings. The molecule has 4 aromatic carbocycles. The molecule has 6 rings (SSSR count). The molecule has 2 atom stereocenters. The van der Waals surface area contributed by atoms with Gasteiger partial charge in [-0.3, -0.25) is 14.3 Å². The van der Waals surface area contributed by atoms with Crippen molar-refractivity contribution in [2.75, 3.05) is 33.1 Å². The summed E-state index contributed by atoms with van der Waals surface area (Å²) < 4.78 is 23.2. The molecule has 14 heteroatoms. The van der Waals surface area contributed by atoms with Gasteiger partial charge in [0.25, 0.3) is 0 Å². The molecule has 1 unspecified atom stereocenters. The van der Waals surface area contributed by atoms with Crippen LogP contribution in [-0.2, 0) is 38.6 Å². The number of nitrogens with one attached hydrogen (secondary N) is 2. The lowest BCUT2D eigenvalue weighted by atomic mass is 9.91. The standard InChI is InChI=1S/C44H46N4O10/c1-30(32-10-4-3-5-11-32)45-41(52)44(2,46-42(53)55-28-36-24-34-12-6-9-15-39(34)58-36)25-35-27-48(38-14-8-7-13-37(35)38)43(54)57-29-56-40(51)33-18-16-31(17-19-33)26-47(20-22-49)21-23-50/h3-19,24,27,30,49-50H,20-23,25-26,28-29H2,1-2H3,(H,45,52)(H,46,53)/t30-,44?/m0/s1. The van der Waals surface area contributed by atoms with Crippen LogP contribution in [0.15, 0.2) is 120 Å². The number of esters is 1. The highest BCUT2D eigenvalue weighted by Gasteiger charge is 2.38. The van der Waals surface area contributed by atoms with Crippen LogP contribution in [0.3, 0.4) is 0 Å². The minimum Gasteiger partial charge on any atom is -0.457 e. The number of rotatable bonds is 17. The average Bonchev–Trinajstić information content (AvgIpc) is 3.82. The highest BCUT2D eigenvalue weighted by atomic mass is 16.7. The van der Waals surface area contributed by atoms with Crippen LogP contribution in [0.25, 0.3) is 21.9 Å². The third kappa shape index (κ3) is 10.3. The molecule has 58 heavy (non-hydrogen) atoms. The van der Waals surface area contributed by atoms with E-state index in [1.165, 1.54) is 10.8 Å². The van der Waals surface area contributed by atoms with Crippen LogP contribution in [0.1, 0.15) is 52.7 Å². The average molecular weight is 791 g/mol. The lowest BCUT2D eigenvalue weighted by Crippen LogP contribution is -2.58. The number of para-hydroxylation sites is 2. The monoisotopic (exact) mass is 790 g/mol. The predicted molar refractivity (Wildman–Crippen MR) is 215 cm³/mol. The number of aliphatic hydroxyl groups excluding tert-OH is 2. The molecule has 302 valence electrons. The fourth-order valence-electron chi connectivity index (χ4n) is 6.63. The summed E-state index contributed by atoms with van der Waals surface area (Å²) in [4.78, 5) is 55.6. The van der Waals surface area contributed by atoms with E-state index in [0.29, 0.717) is 47.4 Å². The minimum absolute atomic E-state index is 0.0478. The number of aromatic nitrogens is 1. The normalized spacial score (nSPS) is 12.8. The fourth-order valence-corrected chi connectivity index (χ4v) is 6.63. The number of alkyl carbamates (subject to hydrolysis) is 1. The van der Waals surface area contributed by atoms with E-state index in [0.717, 1.165) is 16.5 Å². The summed E-state index contributed by atoms with van der Waals surface area (Å²) in [6, 6.07) is 31.8. The van der Waals surface area contributed by atoms with Crippen molar-refractivity contribution in [1.82, 2.24) is 20.1 Å². The molecule has 0 saturated heterocycles. The van der Waals surface area contributed by atoms with Crippen LogP contribution in [0.5, 0.6) is 0 Å². The quantitative estimate of drug-likeness (QED) is 0.0621. The lowest BCUT2D eigenvalue weighted by Gasteiger charge is -2.30. The first-order valence-electron chi connectivity index (χ1n) is 18.8. The molecule has 0 bridgehead atoms. The number of carbonyl (C=O) groups excluding carboxylic acids is 4. The van der Waals surface area contributed by atoms with Gasteiger partial charge in [-0.1, -0.05) is 78.9 Å². The van der Waals surface area contributed by atoms with Gasteiger partial charge in [0, 0.05) is 43.0 Å². The second-order valence-electron chi connectivity index (χ2n) is 14.0. The molecule has 14 nitrogen and oxygen atoms in total. The zero-order valence-corrected chi connectivity index (χ0v) is 32.3. The van der Waals surface area contributed by atoms with E-state index >= 15 is 0 Å². The minimum atomic E-state index is -1.58. The van der Waals surface area contributed by atoms with E-state index in [1.807, 2.05) is 66.4 Å². The van der Waals surface area contributed by atoms with Gasteiger partial charge >= 0.3 is 18.2 Å². The Bertz CT molecular complexity index is 2300. The van der Waals surface area contributed by atoms with Crippen molar-refractivity contribution in [2.24, 2.45) is 0 Å². The summed E-state index contributed by atoms with van der Waals surface area (Å²) in [6.45, 7) is 3.75. The van der Waals surface area contributed by atoms with E-state index in [2.05, 4.69) is 10.6 Å². The summed E-state index contributed by atoms with van der Waals surface area (Å²) >= 11 is 0. The third-order valence-corrected chi connectivity index (χ3v) is 9.68. The van der Waals surface area contributed by atoms with Crippen molar-refractivity contribution in [3.63, 3.8) is 0 Å². The molecule has 0 aliphatic heterocycles. The first kappa shape index (κ1) is 41.2. The molecule has 2 amide bonds. The lowest BCUT2D eigenvalue weighted by molar-refractivity contribution is -0.127. The number of hydrogen-bond acceptors (Lipinski definition) is 11. The number of hydrogen-bond donors (Lipinski definition) is 4. The highest BCUT2D eigenvalue weighted by molar-refractivity contribution is 5.95. The van der Waals surface area contributed by atoms with Gasteiger partial charge in [-0.05, 0) is 60.9 Å². The van der Waals surface area contributed by atoms with E-state index in [-0.39, 0.29) is 31.8 Å². The Morgan fingerprint density at radius 2 is 1.53 bits per heavy atom. The summed E-state index contributed by atoms with van der Waals surface area (Å²) in [7, 11) is 0. The Morgan fingerprint density at radius 1 is 0.845 bits per heavy atom. The number of ether oxygens (including phenoxy) is 3. The summed E-state index contributed by atoms with van der Waals surface area (Å²) in [5.41, 5.74) is 2.06. The zero-order chi connectivity index (χ0) is 41.1. The first-order valence-corrected chi connectivity index (χ1v) is 18.8.